The Kier molecular flexibility index (Phi) is 5.91. The molecule has 2 rings (SSSR count). The molecule has 0 bridgehead atoms. The number of nitrogens with one attached hydrogen (secondary N) is 1. The zero-order valence-corrected chi connectivity index (χ0v) is 13.2. The van der Waals surface area contributed by atoms with E-state index < -0.39 is 5.97 Å². The normalized spacial score (nSPS) is 16.3. The Hall–Kier alpha value is -1.92. The van der Waals surface area contributed by atoms with Crippen molar-refractivity contribution in [3.63, 3.8) is 0 Å². The maximum Gasteiger partial charge on any atom is 0.339 e. The molecule has 1 fully saturated rings. The van der Waals surface area contributed by atoms with E-state index in [0.29, 0.717) is 17.7 Å². The number of anilines is 1. The number of methoxy groups -OCH3 is 1. The molecule has 1 aromatic rings. The van der Waals surface area contributed by atoms with E-state index in [4.69, 9.17) is 4.74 Å². The zero-order valence-electron chi connectivity index (χ0n) is 13.2. The smallest absolute Gasteiger partial charge is 0.339 e. The molecule has 1 saturated heterocycles. The quantitative estimate of drug-likeness (QED) is 0.824. The summed E-state index contributed by atoms with van der Waals surface area (Å²) in [5.41, 5.74) is 0.871. The monoisotopic (exact) mass is 305 g/mol. The summed E-state index contributed by atoms with van der Waals surface area (Å²) in [7, 11) is 3.43. The molecule has 1 amide bonds. The minimum Gasteiger partial charge on any atom is -0.465 e. The summed E-state index contributed by atoms with van der Waals surface area (Å²) in [6.07, 6.45) is 0.416. The SMILES string of the molecule is COC(=O)c1ccccc1NC(=O)CCN1CCN(C)CC1. The molecule has 22 heavy (non-hydrogen) atoms. The van der Waals surface area contributed by atoms with Gasteiger partial charge in [-0.05, 0) is 19.2 Å². The minimum absolute atomic E-state index is 0.0877. The van der Waals surface area contributed by atoms with E-state index in [9.17, 15) is 9.59 Å². The van der Waals surface area contributed by atoms with Crippen molar-refractivity contribution in [3.8, 4) is 0 Å². The molecule has 0 spiro atoms. The Morgan fingerprint density at radius 3 is 2.55 bits per heavy atom. The number of nitrogens with zero attached hydrogens (tertiary/aromatic N) is 2. The molecule has 0 aliphatic carbocycles. The van der Waals surface area contributed by atoms with Crippen molar-refractivity contribution >= 4 is 17.6 Å². The van der Waals surface area contributed by atoms with Gasteiger partial charge in [0.05, 0.1) is 18.4 Å². The molecule has 1 aliphatic rings. The predicted molar refractivity (Wildman–Crippen MR) is 85.0 cm³/mol. The van der Waals surface area contributed by atoms with Gasteiger partial charge >= 0.3 is 5.97 Å². The number of carbonyl (C=O) groups is 2. The highest BCUT2D eigenvalue weighted by molar-refractivity contribution is 6.01. The summed E-state index contributed by atoms with van der Waals surface area (Å²) in [5.74, 6) is -0.537. The number of amides is 1. The van der Waals surface area contributed by atoms with Gasteiger partial charge in [-0.25, -0.2) is 4.79 Å². The van der Waals surface area contributed by atoms with Crippen LogP contribution >= 0.6 is 0 Å². The van der Waals surface area contributed by atoms with Crippen molar-refractivity contribution in [2.24, 2.45) is 0 Å². The van der Waals surface area contributed by atoms with Gasteiger partial charge in [-0.15, -0.1) is 0 Å². The van der Waals surface area contributed by atoms with Crippen molar-refractivity contribution in [1.82, 2.24) is 9.80 Å². The second-order valence-corrected chi connectivity index (χ2v) is 5.48. The van der Waals surface area contributed by atoms with Crippen LogP contribution in [0.3, 0.4) is 0 Å². The summed E-state index contributed by atoms with van der Waals surface area (Å²) < 4.78 is 4.72. The van der Waals surface area contributed by atoms with Gasteiger partial charge in [0.2, 0.25) is 5.91 Å². The average Bonchev–Trinajstić information content (AvgIpc) is 2.54. The van der Waals surface area contributed by atoms with E-state index in [1.165, 1.54) is 7.11 Å². The van der Waals surface area contributed by atoms with Crippen molar-refractivity contribution in [2.45, 2.75) is 6.42 Å². The van der Waals surface area contributed by atoms with Crippen molar-refractivity contribution in [2.75, 3.05) is 52.2 Å². The Labute approximate surface area is 131 Å². The Morgan fingerprint density at radius 1 is 1.18 bits per heavy atom. The van der Waals surface area contributed by atoms with Crippen LogP contribution in [-0.4, -0.2) is 68.6 Å². The van der Waals surface area contributed by atoms with E-state index in [-0.39, 0.29) is 5.91 Å². The molecule has 120 valence electrons. The van der Waals surface area contributed by atoms with Gasteiger partial charge in [0, 0.05) is 39.1 Å². The number of ether oxygens (including phenoxy) is 1. The Bertz CT molecular complexity index is 525. The summed E-state index contributed by atoms with van der Waals surface area (Å²) in [4.78, 5) is 28.3. The van der Waals surface area contributed by atoms with Crippen LogP contribution in [-0.2, 0) is 9.53 Å². The van der Waals surface area contributed by atoms with Gasteiger partial charge in [-0.2, -0.15) is 0 Å². The van der Waals surface area contributed by atoms with E-state index >= 15 is 0 Å². The van der Waals surface area contributed by atoms with Crippen LogP contribution < -0.4 is 5.32 Å². The van der Waals surface area contributed by atoms with Gasteiger partial charge in [-0.3, -0.25) is 4.79 Å². The largest absolute Gasteiger partial charge is 0.465 e. The maximum atomic E-state index is 12.1. The molecule has 1 N–H and O–H groups in total. The zero-order chi connectivity index (χ0) is 15.9. The van der Waals surface area contributed by atoms with Crippen molar-refractivity contribution < 1.29 is 14.3 Å². The van der Waals surface area contributed by atoms with Crippen LogP contribution in [0.4, 0.5) is 5.69 Å². The van der Waals surface area contributed by atoms with Gasteiger partial charge in [-0.1, -0.05) is 12.1 Å². The molecule has 0 saturated carbocycles. The lowest BCUT2D eigenvalue weighted by Crippen LogP contribution is -2.45. The second-order valence-electron chi connectivity index (χ2n) is 5.48. The third-order valence-electron chi connectivity index (χ3n) is 3.86. The third kappa shape index (κ3) is 4.54. The molecule has 1 aliphatic heterocycles. The van der Waals surface area contributed by atoms with Crippen LogP contribution in [0.15, 0.2) is 24.3 Å². The van der Waals surface area contributed by atoms with Gasteiger partial charge in [0.15, 0.2) is 0 Å². The van der Waals surface area contributed by atoms with Crippen molar-refractivity contribution in [1.29, 1.82) is 0 Å². The minimum atomic E-state index is -0.449. The third-order valence-corrected chi connectivity index (χ3v) is 3.86. The van der Waals surface area contributed by atoms with Gasteiger partial charge in [0.25, 0.3) is 0 Å². The first kappa shape index (κ1) is 16.5. The molecule has 0 aromatic heterocycles. The standard InChI is InChI=1S/C16H23N3O3/c1-18-9-11-19(12-10-18)8-7-15(20)17-14-6-4-3-5-13(14)16(21)22-2/h3-6H,7-12H2,1-2H3,(H,17,20). The van der Waals surface area contributed by atoms with Crippen LogP contribution in [0, 0.1) is 0 Å². The molecule has 6 heteroatoms. The number of para-hydroxylation sites is 1. The molecule has 0 radical (unpaired) electrons. The van der Waals surface area contributed by atoms with Crippen LogP contribution in [0.1, 0.15) is 16.8 Å². The Morgan fingerprint density at radius 2 is 1.86 bits per heavy atom. The van der Waals surface area contributed by atoms with E-state index in [1.807, 2.05) is 0 Å². The fourth-order valence-corrected chi connectivity index (χ4v) is 2.42. The lowest BCUT2D eigenvalue weighted by atomic mass is 10.1. The first-order chi connectivity index (χ1) is 10.6. The second kappa shape index (κ2) is 7.91. The Balaban J connectivity index is 1.86. The number of hydrogen-bond acceptors (Lipinski definition) is 5. The number of rotatable bonds is 5. The highest BCUT2D eigenvalue weighted by Crippen LogP contribution is 2.16. The number of esters is 1. The highest BCUT2D eigenvalue weighted by atomic mass is 16.5. The topological polar surface area (TPSA) is 61.9 Å². The maximum absolute atomic E-state index is 12.1. The first-order valence-electron chi connectivity index (χ1n) is 7.48. The van der Waals surface area contributed by atoms with Crippen molar-refractivity contribution in [3.05, 3.63) is 29.8 Å². The number of benzene rings is 1. The van der Waals surface area contributed by atoms with Crippen LogP contribution in [0.25, 0.3) is 0 Å². The van der Waals surface area contributed by atoms with Gasteiger partial charge in [0.1, 0.15) is 0 Å². The number of likely N-dealkylation sites (N-methyl/N-ethyl adjacent to an activating group) is 1. The molecular formula is C16H23N3O3. The van der Waals surface area contributed by atoms with E-state index in [1.54, 1.807) is 24.3 Å². The molecule has 1 aromatic carbocycles. The van der Waals surface area contributed by atoms with E-state index in [0.717, 1.165) is 32.7 Å². The molecule has 0 unspecified atom stereocenters. The number of carbonyl (C=O) groups excluding carboxylic acids is 2. The average molecular weight is 305 g/mol. The van der Waals surface area contributed by atoms with Crippen LogP contribution in [0.2, 0.25) is 0 Å². The molecule has 6 nitrogen and oxygen atoms in total. The molecular weight excluding hydrogens is 282 g/mol. The number of piperazine rings is 1. The molecule has 0 atom stereocenters. The van der Waals surface area contributed by atoms with Gasteiger partial charge < -0.3 is 19.9 Å². The summed E-state index contributed by atoms with van der Waals surface area (Å²) in [6, 6.07) is 6.87. The predicted octanol–water partition coefficient (Wildman–Crippen LogP) is 1.05. The lowest BCUT2D eigenvalue weighted by Gasteiger charge is -2.32. The summed E-state index contributed by atoms with van der Waals surface area (Å²) in [6.45, 7) is 4.78. The lowest BCUT2D eigenvalue weighted by molar-refractivity contribution is -0.116. The van der Waals surface area contributed by atoms with E-state index in [2.05, 4.69) is 22.2 Å². The molecule has 1 heterocycles. The fourth-order valence-electron chi connectivity index (χ4n) is 2.42. The van der Waals surface area contributed by atoms with Crippen LogP contribution in [0.5, 0.6) is 0 Å². The first-order valence-corrected chi connectivity index (χ1v) is 7.48. The highest BCUT2D eigenvalue weighted by Gasteiger charge is 2.16. The number of hydrogen-bond donors (Lipinski definition) is 1. The summed E-state index contributed by atoms with van der Waals surface area (Å²) in [5, 5.41) is 2.80. The fraction of sp³-hybridized carbons (Fsp3) is 0.500. The summed E-state index contributed by atoms with van der Waals surface area (Å²) >= 11 is 0.